The molecule has 1 saturated carbocycles. The molecule has 1 aromatic rings. The summed E-state index contributed by atoms with van der Waals surface area (Å²) in [5.41, 5.74) is 1.45. The topological polar surface area (TPSA) is 21.3 Å². The lowest BCUT2D eigenvalue weighted by Crippen LogP contribution is -2.30. The molecular weight excluding hydrogens is 246 g/mol. The summed E-state index contributed by atoms with van der Waals surface area (Å²) < 4.78 is 5.44. The monoisotopic (exact) mass is 267 g/mol. The Morgan fingerprint density at radius 3 is 2.78 bits per heavy atom. The van der Waals surface area contributed by atoms with Gasteiger partial charge in [-0.3, -0.25) is 0 Å². The van der Waals surface area contributed by atoms with E-state index in [0.717, 1.165) is 11.4 Å². The van der Waals surface area contributed by atoms with E-state index in [1.54, 1.807) is 0 Å². The molecule has 2 nitrogen and oxygen atoms in total. The van der Waals surface area contributed by atoms with E-state index in [9.17, 15) is 0 Å². The van der Waals surface area contributed by atoms with Crippen molar-refractivity contribution in [2.24, 2.45) is 5.41 Å². The number of rotatable bonds is 4. The molecule has 1 aromatic carbocycles. The van der Waals surface area contributed by atoms with Crippen LogP contribution in [0.2, 0.25) is 5.02 Å². The summed E-state index contributed by atoms with van der Waals surface area (Å²) in [7, 11) is 0. The number of hydrogen-bond acceptors (Lipinski definition) is 2. The van der Waals surface area contributed by atoms with Crippen molar-refractivity contribution in [3.63, 3.8) is 0 Å². The highest BCUT2D eigenvalue weighted by Crippen LogP contribution is 2.39. The molecule has 1 fully saturated rings. The minimum Gasteiger partial charge on any atom is -0.492 e. The normalized spacial score (nSPS) is 21.9. The molecule has 0 aromatic heterocycles. The van der Waals surface area contributed by atoms with Crippen LogP contribution in [0.15, 0.2) is 18.2 Å². The summed E-state index contributed by atoms with van der Waals surface area (Å²) >= 11 is 6.20. The fourth-order valence-corrected chi connectivity index (χ4v) is 2.89. The summed E-state index contributed by atoms with van der Waals surface area (Å²) in [6, 6.07) is 6.48. The fourth-order valence-electron chi connectivity index (χ4n) is 2.66. The smallest absolute Gasteiger partial charge is 0.138 e. The molecule has 3 heteroatoms. The van der Waals surface area contributed by atoms with Crippen LogP contribution in [-0.2, 0) is 0 Å². The van der Waals surface area contributed by atoms with E-state index in [1.165, 1.54) is 19.3 Å². The van der Waals surface area contributed by atoms with E-state index >= 15 is 0 Å². The predicted octanol–water partition coefficient (Wildman–Crippen LogP) is 4.73. The zero-order chi connectivity index (χ0) is 13.2. The van der Waals surface area contributed by atoms with E-state index in [2.05, 4.69) is 19.2 Å². The number of anilines is 1. The van der Waals surface area contributed by atoms with Crippen molar-refractivity contribution in [1.82, 2.24) is 0 Å². The molecule has 0 spiro atoms. The highest BCUT2D eigenvalue weighted by Gasteiger charge is 2.34. The van der Waals surface area contributed by atoms with Gasteiger partial charge in [0.05, 0.1) is 11.6 Å². The first-order valence-corrected chi connectivity index (χ1v) is 7.09. The summed E-state index contributed by atoms with van der Waals surface area (Å²) in [5, 5.41) is 4.28. The number of hydrogen-bond donors (Lipinski definition) is 1. The Bertz CT molecular complexity index is 417. The van der Waals surface area contributed by atoms with E-state index in [0.29, 0.717) is 23.1 Å². The second-order valence-corrected chi connectivity index (χ2v) is 6.06. The predicted molar refractivity (Wildman–Crippen MR) is 77.7 cm³/mol. The molecule has 0 heterocycles. The van der Waals surface area contributed by atoms with E-state index in [-0.39, 0.29) is 0 Å². The molecule has 0 amide bonds. The quantitative estimate of drug-likeness (QED) is 0.852. The first kappa shape index (κ1) is 13.5. The molecule has 0 saturated heterocycles. The van der Waals surface area contributed by atoms with Gasteiger partial charge in [-0.25, -0.2) is 0 Å². The number of benzene rings is 1. The van der Waals surface area contributed by atoms with Crippen LogP contribution in [0.1, 0.15) is 40.0 Å². The van der Waals surface area contributed by atoms with Gasteiger partial charge in [-0.15, -0.1) is 0 Å². The van der Waals surface area contributed by atoms with Gasteiger partial charge in [-0.05, 0) is 43.4 Å². The van der Waals surface area contributed by atoms with Crippen molar-refractivity contribution in [1.29, 1.82) is 0 Å². The standard InChI is InChI=1S/C15H22ClNO/c1-4-18-13-8-7-11(10-12(13)16)17-14-6-5-9-15(14,2)3/h7-8,10,14,17H,4-6,9H2,1-3H3. The number of halogens is 1. The van der Waals surface area contributed by atoms with Crippen LogP contribution in [-0.4, -0.2) is 12.6 Å². The van der Waals surface area contributed by atoms with Crippen molar-refractivity contribution >= 4 is 17.3 Å². The number of ether oxygens (including phenoxy) is 1. The molecule has 2 rings (SSSR count). The fraction of sp³-hybridized carbons (Fsp3) is 0.600. The van der Waals surface area contributed by atoms with Gasteiger partial charge >= 0.3 is 0 Å². The average Bonchev–Trinajstić information content (AvgIpc) is 2.62. The van der Waals surface area contributed by atoms with Crippen LogP contribution in [0.4, 0.5) is 5.69 Å². The molecule has 0 bridgehead atoms. The average molecular weight is 268 g/mol. The highest BCUT2D eigenvalue weighted by molar-refractivity contribution is 6.32. The van der Waals surface area contributed by atoms with Gasteiger partial charge in [0.25, 0.3) is 0 Å². The molecule has 1 unspecified atom stereocenters. The first-order chi connectivity index (χ1) is 8.53. The van der Waals surface area contributed by atoms with Crippen LogP contribution < -0.4 is 10.1 Å². The van der Waals surface area contributed by atoms with Crippen molar-refractivity contribution in [2.75, 3.05) is 11.9 Å². The van der Waals surface area contributed by atoms with Gasteiger partial charge in [0.15, 0.2) is 0 Å². The van der Waals surface area contributed by atoms with E-state index < -0.39 is 0 Å². The van der Waals surface area contributed by atoms with Crippen LogP contribution >= 0.6 is 11.6 Å². The SMILES string of the molecule is CCOc1ccc(NC2CCCC2(C)C)cc1Cl. The molecule has 0 radical (unpaired) electrons. The molecule has 100 valence electrons. The number of nitrogens with one attached hydrogen (secondary N) is 1. The van der Waals surface area contributed by atoms with Gasteiger partial charge < -0.3 is 10.1 Å². The van der Waals surface area contributed by atoms with E-state index in [4.69, 9.17) is 16.3 Å². The lowest BCUT2D eigenvalue weighted by atomic mass is 9.87. The van der Waals surface area contributed by atoms with Gasteiger partial charge in [-0.1, -0.05) is 31.9 Å². The minimum atomic E-state index is 0.366. The maximum atomic E-state index is 6.20. The first-order valence-electron chi connectivity index (χ1n) is 6.72. The van der Waals surface area contributed by atoms with Crippen LogP contribution in [0.25, 0.3) is 0 Å². The van der Waals surface area contributed by atoms with Crippen LogP contribution in [0.5, 0.6) is 5.75 Å². The van der Waals surface area contributed by atoms with Gasteiger partial charge in [-0.2, -0.15) is 0 Å². The van der Waals surface area contributed by atoms with E-state index in [1.807, 2.05) is 25.1 Å². The maximum absolute atomic E-state index is 6.20. The molecule has 0 aliphatic heterocycles. The summed E-state index contributed by atoms with van der Waals surface area (Å²) in [5.74, 6) is 0.760. The summed E-state index contributed by atoms with van der Waals surface area (Å²) in [6.07, 6.45) is 3.82. The Morgan fingerprint density at radius 1 is 1.44 bits per heavy atom. The van der Waals surface area contributed by atoms with Crippen molar-refractivity contribution in [2.45, 2.75) is 46.1 Å². The third-order valence-electron chi connectivity index (χ3n) is 3.83. The molecule has 1 atom stereocenters. The van der Waals surface area contributed by atoms with Gasteiger partial charge in [0.2, 0.25) is 0 Å². The summed E-state index contributed by atoms with van der Waals surface area (Å²) in [6.45, 7) is 7.26. The lowest BCUT2D eigenvalue weighted by molar-refractivity contribution is 0.340. The Kier molecular flexibility index (Phi) is 4.06. The second kappa shape index (κ2) is 5.40. The Morgan fingerprint density at radius 2 is 2.22 bits per heavy atom. The Labute approximate surface area is 115 Å². The molecule has 1 aliphatic rings. The largest absolute Gasteiger partial charge is 0.492 e. The minimum absolute atomic E-state index is 0.366. The highest BCUT2D eigenvalue weighted by atomic mass is 35.5. The zero-order valence-electron chi connectivity index (χ0n) is 11.4. The second-order valence-electron chi connectivity index (χ2n) is 5.66. The lowest BCUT2D eigenvalue weighted by Gasteiger charge is -2.28. The molecule has 1 N–H and O–H groups in total. The molecular formula is C15H22ClNO. The third-order valence-corrected chi connectivity index (χ3v) is 4.13. The van der Waals surface area contributed by atoms with Crippen molar-refractivity contribution in [3.8, 4) is 5.75 Å². The molecule has 18 heavy (non-hydrogen) atoms. The van der Waals surface area contributed by atoms with Crippen LogP contribution in [0, 0.1) is 5.41 Å². The molecule has 1 aliphatic carbocycles. The maximum Gasteiger partial charge on any atom is 0.138 e. The zero-order valence-corrected chi connectivity index (χ0v) is 12.2. The Hall–Kier alpha value is -0.890. The van der Waals surface area contributed by atoms with Gasteiger partial charge in [0.1, 0.15) is 5.75 Å². The van der Waals surface area contributed by atoms with Crippen molar-refractivity contribution in [3.05, 3.63) is 23.2 Å². The van der Waals surface area contributed by atoms with Gasteiger partial charge in [0, 0.05) is 11.7 Å². The summed E-state index contributed by atoms with van der Waals surface area (Å²) in [4.78, 5) is 0. The van der Waals surface area contributed by atoms with Crippen LogP contribution in [0.3, 0.4) is 0 Å². The third kappa shape index (κ3) is 2.92. The van der Waals surface area contributed by atoms with Crippen molar-refractivity contribution < 1.29 is 4.74 Å². The Balaban J connectivity index is 2.08.